The summed E-state index contributed by atoms with van der Waals surface area (Å²) in [5.74, 6) is 1.40. The van der Waals surface area contributed by atoms with Crippen molar-refractivity contribution in [3.63, 3.8) is 0 Å². The Bertz CT molecular complexity index is 976. The van der Waals surface area contributed by atoms with Crippen LogP contribution in [0, 0.1) is 18.3 Å². The van der Waals surface area contributed by atoms with Gasteiger partial charge in [0, 0.05) is 30.9 Å². The number of hydrogen-bond acceptors (Lipinski definition) is 4. The minimum absolute atomic E-state index is 0.00768. The van der Waals surface area contributed by atoms with Gasteiger partial charge in [0.1, 0.15) is 0 Å². The summed E-state index contributed by atoms with van der Waals surface area (Å²) in [7, 11) is 0. The molecule has 0 unspecified atom stereocenters. The maximum Gasteiger partial charge on any atom is 0.319 e. The Hall–Kier alpha value is -2.98. The van der Waals surface area contributed by atoms with Crippen LogP contribution >= 0.6 is 11.8 Å². The Morgan fingerprint density at radius 2 is 1.88 bits per heavy atom. The highest BCUT2D eigenvalue weighted by Gasteiger charge is 2.25. The molecule has 0 radical (unpaired) electrons. The van der Waals surface area contributed by atoms with Crippen LogP contribution < -0.4 is 10.6 Å². The number of anilines is 1. The van der Waals surface area contributed by atoms with Crippen molar-refractivity contribution in [2.75, 3.05) is 37.0 Å². The monoisotopic (exact) mass is 450 g/mol. The fourth-order valence-electron chi connectivity index (χ4n) is 3.90. The van der Waals surface area contributed by atoms with E-state index in [4.69, 9.17) is 5.26 Å². The van der Waals surface area contributed by atoms with Crippen molar-refractivity contribution in [2.24, 2.45) is 0 Å². The highest BCUT2D eigenvalue weighted by Crippen LogP contribution is 2.29. The molecule has 0 aromatic heterocycles. The molecular weight excluding hydrogens is 420 g/mol. The number of aryl methyl sites for hydroxylation is 1. The van der Waals surface area contributed by atoms with E-state index in [1.165, 1.54) is 5.56 Å². The second kappa shape index (κ2) is 11.6. The molecule has 1 aliphatic rings. The van der Waals surface area contributed by atoms with Crippen molar-refractivity contribution in [3.05, 3.63) is 64.7 Å². The molecule has 0 bridgehead atoms. The molecule has 3 rings (SSSR count). The molecule has 2 aromatic rings. The van der Waals surface area contributed by atoms with Crippen molar-refractivity contribution >= 4 is 29.4 Å². The molecule has 1 aliphatic heterocycles. The normalized spacial score (nSPS) is 14.0. The maximum absolute atomic E-state index is 13.1. The molecule has 32 heavy (non-hydrogen) atoms. The molecule has 1 fully saturated rings. The molecule has 2 aromatic carbocycles. The van der Waals surface area contributed by atoms with E-state index in [1.54, 1.807) is 17.8 Å². The van der Waals surface area contributed by atoms with Gasteiger partial charge in [-0.05, 0) is 79.5 Å². The summed E-state index contributed by atoms with van der Waals surface area (Å²) >= 11 is 1.75. The van der Waals surface area contributed by atoms with Crippen LogP contribution in [0.1, 0.15) is 52.2 Å². The van der Waals surface area contributed by atoms with E-state index >= 15 is 0 Å². The zero-order chi connectivity index (χ0) is 22.9. The molecule has 6 nitrogen and oxygen atoms in total. The molecule has 168 valence electrons. The first-order valence-electron chi connectivity index (χ1n) is 11.0. The third-order valence-electron chi connectivity index (χ3n) is 5.84. The largest absolute Gasteiger partial charge is 0.339 e. The van der Waals surface area contributed by atoms with Crippen LogP contribution in [0.5, 0.6) is 0 Å². The Kier molecular flexibility index (Phi) is 8.57. The second-order valence-corrected chi connectivity index (χ2v) is 9.04. The first-order valence-corrected chi connectivity index (χ1v) is 12.3. The Balaban J connectivity index is 1.57. The van der Waals surface area contributed by atoms with E-state index < -0.39 is 0 Å². The molecule has 1 saturated heterocycles. The lowest BCUT2D eigenvalue weighted by atomic mass is 9.89. The lowest BCUT2D eigenvalue weighted by Crippen LogP contribution is -2.38. The molecular formula is C25H30N4O2S. The fraction of sp³-hybridized carbons (Fsp3) is 0.400. The number of hydrogen-bond donors (Lipinski definition) is 2. The average molecular weight is 451 g/mol. The van der Waals surface area contributed by atoms with Gasteiger partial charge in [-0.2, -0.15) is 17.0 Å². The summed E-state index contributed by atoms with van der Waals surface area (Å²) in [6.45, 7) is 3.92. The first-order chi connectivity index (χ1) is 15.5. The minimum Gasteiger partial charge on any atom is -0.339 e. The third-order valence-corrected chi connectivity index (χ3v) is 6.53. The molecule has 0 aliphatic carbocycles. The van der Waals surface area contributed by atoms with Gasteiger partial charge in [0.05, 0.1) is 11.6 Å². The van der Waals surface area contributed by atoms with E-state index in [0.717, 1.165) is 30.6 Å². The Morgan fingerprint density at radius 3 is 2.53 bits per heavy atom. The number of benzene rings is 2. The maximum atomic E-state index is 13.1. The Morgan fingerprint density at radius 1 is 1.16 bits per heavy atom. The molecule has 0 saturated carbocycles. The van der Waals surface area contributed by atoms with Crippen molar-refractivity contribution in [1.82, 2.24) is 10.2 Å². The topological polar surface area (TPSA) is 85.2 Å². The quantitative estimate of drug-likeness (QED) is 0.596. The van der Waals surface area contributed by atoms with Crippen LogP contribution in [0.3, 0.4) is 0 Å². The number of carbonyl (C=O) groups excluding carboxylic acids is 2. The predicted octanol–water partition coefficient (Wildman–Crippen LogP) is 4.76. The van der Waals surface area contributed by atoms with E-state index in [2.05, 4.69) is 16.7 Å². The van der Waals surface area contributed by atoms with E-state index in [0.29, 0.717) is 42.4 Å². The van der Waals surface area contributed by atoms with Crippen LogP contribution in [-0.2, 0) is 0 Å². The fourth-order valence-corrected chi connectivity index (χ4v) is 4.34. The number of thioether (sulfide) groups is 1. The average Bonchev–Trinajstić information content (AvgIpc) is 2.83. The number of nitrogens with zero attached hydrogens (tertiary/aromatic N) is 2. The van der Waals surface area contributed by atoms with Gasteiger partial charge in [0.15, 0.2) is 0 Å². The summed E-state index contributed by atoms with van der Waals surface area (Å²) in [5, 5.41) is 14.7. The number of nitrogens with one attached hydrogen (secondary N) is 2. The number of rotatable bonds is 7. The van der Waals surface area contributed by atoms with Gasteiger partial charge in [-0.3, -0.25) is 4.79 Å². The van der Waals surface area contributed by atoms with E-state index in [-0.39, 0.29) is 11.9 Å². The molecule has 1 heterocycles. The molecule has 0 spiro atoms. The van der Waals surface area contributed by atoms with E-state index in [1.807, 2.05) is 54.5 Å². The number of urea groups is 1. The van der Waals surface area contributed by atoms with Crippen LogP contribution in [-0.4, -0.2) is 48.5 Å². The van der Waals surface area contributed by atoms with Crippen LogP contribution in [0.15, 0.2) is 42.5 Å². The second-order valence-electron chi connectivity index (χ2n) is 8.06. The third kappa shape index (κ3) is 6.27. The van der Waals surface area contributed by atoms with Crippen LogP contribution in [0.4, 0.5) is 10.5 Å². The standard InChI is InChI=1S/C25H30N4O2S/c1-18-4-7-22(16-23(18)28-25(31)27-12-3-15-32-2)24(30)29-13-10-21(11-14-29)20-8-5-19(17-26)6-9-20/h4-9,16,21H,3,10-15H2,1-2H3,(H2,27,28,31). The van der Waals surface area contributed by atoms with Crippen molar-refractivity contribution in [1.29, 1.82) is 5.26 Å². The summed E-state index contributed by atoms with van der Waals surface area (Å²) in [6.07, 6.45) is 4.76. The summed E-state index contributed by atoms with van der Waals surface area (Å²) in [5.41, 5.74) is 4.05. The number of likely N-dealkylation sites (tertiary alicyclic amines) is 1. The van der Waals surface area contributed by atoms with Gasteiger partial charge in [0.25, 0.3) is 5.91 Å². The van der Waals surface area contributed by atoms with Gasteiger partial charge in [-0.25, -0.2) is 4.79 Å². The molecule has 3 amide bonds. The molecule has 7 heteroatoms. The molecule has 2 N–H and O–H groups in total. The van der Waals surface area contributed by atoms with E-state index in [9.17, 15) is 9.59 Å². The van der Waals surface area contributed by atoms with Gasteiger partial charge in [-0.1, -0.05) is 18.2 Å². The highest BCUT2D eigenvalue weighted by molar-refractivity contribution is 7.98. The lowest BCUT2D eigenvalue weighted by Gasteiger charge is -2.32. The summed E-state index contributed by atoms with van der Waals surface area (Å²) in [6, 6.07) is 15.1. The van der Waals surface area contributed by atoms with Gasteiger partial charge >= 0.3 is 6.03 Å². The summed E-state index contributed by atoms with van der Waals surface area (Å²) in [4.78, 5) is 27.1. The van der Waals surface area contributed by atoms with Gasteiger partial charge < -0.3 is 15.5 Å². The highest BCUT2D eigenvalue weighted by atomic mass is 32.2. The zero-order valence-corrected chi connectivity index (χ0v) is 19.5. The summed E-state index contributed by atoms with van der Waals surface area (Å²) < 4.78 is 0. The lowest BCUT2D eigenvalue weighted by molar-refractivity contribution is 0.0713. The SMILES string of the molecule is CSCCCNC(=O)Nc1cc(C(=O)N2CCC(c3ccc(C#N)cc3)CC2)ccc1C. The van der Waals surface area contributed by atoms with Gasteiger partial charge in [-0.15, -0.1) is 0 Å². The van der Waals surface area contributed by atoms with Crippen molar-refractivity contribution in [3.8, 4) is 6.07 Å². The zero-order valence-electron chi connectivity index (χ0n) is 18.7. The van der Waals surface area contributed by atoms with Crippen LogP contribution in [0.25, 0.3) is 0 Å². The van der Waals surface area contributed by atoms with Crippen molar-refractivity contribution < 1.29 is 9.59 Å². The molecule has 0 atom stereocenters. The Labute approximate surface area is 194 Å². The predicted molar refractivity (Wildman–Crippen MR) is 130 cm³/mol. The number of nitriles is 1. The van der Waals surface area contributed by atoms with Gasteiger partial charge in [0.2, 0.25) is 0 Å². The van der Waals surface area contributed by atoms with Crippen molar-refractivity contribution in [2.45, 2.75) is 32.1 Å². The number of carbonyl (C=O) groups is 2. The first kappa shape index (κ1) is 23.7. The number of amides is 3. The van der Waals surface area contributed by atoms with Crippen LogP contribution in [0.2, 0.25) is 0 Å². The number of piperidine rings is 1. The minimum atomic E-state index is -0.248. The smallest absolute Gasteiger partial charge is 0.319 e.